The molecule has 0 unspecified atom stereocenters. The van der Waals surface area contributed by atoms with E-state index in [1.165, 1.54) is 22.7 Å². The van der Waals surface area contributed by atoms with Gasteiger partial charge in [0.25, 0.3) is 5.91 Å². The lowest BCUT2D eigenvalue weighted by Gasteiger charge is -1.96. The second-order valence-electron chi connectivity index (χ2n) is 4.29. The Bertz CT molecular complexity index is 807. The molecule has 0 spiro atoms. The predicted molar refractivity (Wildman–Crippen MR) is 82.8 cm³/mol. The first-order valence-corrected chi connectivity index (χ1v) is 7.92. The minimum absolute atomic E-state index is 0.0405. The van der Waals surface area contributed by atoms with Crippen LogP contribution in [0.15, 0.2) is 33.5 Å². The average molecular weight is 334 g/mol. The number of carbonyl (C=O) groups is 2. The number of nitrogens with one attached hydrogen (secondary N) is 1. The minimum atomic E-state index is -0.472. The zero-order valence-electron chi connectivity index (χ0n) is 11.1. The first-order chi connectivity index (χ1) is 10.6. The molecule has 0 fully saturated rings. The Labute approximate surface area is 132 Å². The van der Waals surface area contributed by atoms with Gasteiger partial charge in [-0.2, -0.15) is 0 Å². The zero-order chi connectivity index (χ0) is 15.5. The third kappa shape index (κ3) is 3.21. The molecule has 0 atom stereocenters. The van der Waals surface area contributed by atoms with E-state index in [0.717, 1.165) is 4.88 Å². The van der Waals surface area contributed by atoms with Crippen LogP contribution in [-0.4, -0.2) is 22.0 Å². The van der Waals surface area contributed by atoms with Crippen LogP contribution in [0.2, 0.25) is 0 Å². The molecular weight excluding hydrogens is 324 g/mol. The molecule has 0 radical (unpaired) electrons. The zero-order valence-corrected chi connectivity index (χ0v) is 12.7. The summed E-state index contributed by atoms with van der Waals surface area (Å²) in [6.07, 6.45) is 0.0405. The van der Waals surface area contributed by atoms with Gasteiger partial charge in [0.15, 0.2) is 16.6 Å². The molecule has 3 N–H and O–H groups in total. The van der Waals surface area contributed by atoms with Crippen molar-refractivity contribution in [2.75, 3.05) is 5.32 Å². The largest absolute Gasteiger partial charge is 0.369 e. The molecule has 0 saturated heterocycles. The van der Waals surface area contributed by atoms with Crippen molar-refractivity contribution in [2.24, 2.45) is 5.73 Å². The molecule has 0 bridgehead atoms. The lowest BCUT2D eigenvalue weighted by atomic mass is 10.3. The summed E-state index contributed by atoms with van der Waals surface area (Å²) in [7, 11) is 0. The quantitative estimate of drug-likeness (QED) is 0.742. The van der Waals surface area contributed by atoms with E-state index < -0.39 is 11.8 Å². The Kier molecular flexibility index (Phi) is 3.98. The fourth-order valence-corrected chi connectivity index (χ4v) is 3.08. The molecule has 0 aromatic carbocycles. The molecule has 0 aliphatic rings. The minimum Gasteiger partial charge on any atom is -0.369 e. The number of thiazole rings is 1. The maximum absolute atomic E-state index is 12.1. The van der Waals surface area contributed by atoms with Gasteiger partial charge in [0.2, 0.25) is 5.91 Å². The van der Waals surface area contributed by atoms with Crippen LogP contribution in [0, 0.1) is 0 Å². The van der Waals surface area contributed by atoms with E-state index in [4.69, 9.17) is 10.3 Å². The van der Waals surface area contributed by atoms with Gasteiger partial charge in [-0.25, -0.2) is 4.98 Å². The number of aromatic nitrogens is 2. The van der Waals surface area contributed by atoms with Gasteiger partial charge in [-0.3, -0.25) is 14.9 Å². The van der Waals surface area contributed by atoms with Crippen molar-refractivity contribution in [3.63, 3.8) is 0 Å². The topological polar surface area (TPSA) is 111 Å². The van der Waals surface area contributed by atoms with Crippen LogP contribution in [0.3, 0.4) is 0 Å². The van der Waals surface area contributed by atoms with Crippen molar-refractivity contribution in [1.29, 1.82) is 0 Å². The molecule has 9 heteroatoms. The Morgan fingerprint density at radius 1 is 1.36 bits per heavy atom. The van der Waals surface area contributed by atoms with Crippen LogP contribution in [-0.2, 0) is 11.2 Å². The molecule has 3 rings (SSSR count). The van der Waals surface area contributed by atoms with E-state index in [-0.39, 0.29) is 12.1 Å². The predicted octanol–water partition coefficient (Wildman–Crippen LogP) is 2.14. The molecule has 3 aromatic heterocycles. The second-order valence-corrected chi connectivity index (χ2v) is 6.10. The highest BCUT2D eigenvalue weighted by Crippen LogP contribution is 2.25. The first kappa shape index (κ1) is 14.4. The highest BCUT2D eigenvalue weighted by molar-refractivity contribution is 7.14. The number of anilines is 1. The number of nitrogens with two attached hydrogens (primary N) is 1. The van der Waals surface area contributed by atoms with E-state index in [9.17, 15) is 9.59 Å². The van der Waals surface area contributed by atoms with Crippen molar-refractivity contribution in [3.8, 4) is 10.6 Å². The summed E-state index contributed by atoms with van der Waals surface area (Å²) in [5.41, 5.74) is 5.77. The van der Waals surface area contributed by atoms with Crippen molar-refractivity contribution >= 4 is 39.6 Å². The van der Waals surface area contributed by atoms with Crippen molar-refractivity contribution in [2.45, 2.75) is 6.42 Å². The molecule has 0 saturated carbocycles. The fraction of sp³-hybridized carbons (Fsp3) is 0.0769. The number of rotatable bonds is 5. The average Bonchev–Trinajstić information content (AvgIpc) is 3.19. The Hall–Kier alpha value is -2.52. The van der Waals surface area contributed by atoms with Crippen molar-refractivity contribution < 1.29 is 14.1 Å². The number of hydrogen-bond acceptors (Lipinski definition) is 7. The normalized spacial score (nSPS) is 10.5. The molecule has 0 aliphatic carbocycles. The number of amides is 2. The Morgan fingerprint density at radius 2 is 2.23 bits per heavy atom. The summed E-state index contributed by atoms with van der Waals surface area (Å²) < 4.78 is 5.15. The van der Waals surface area contributed by atoms with Crippen LogP contribution in [0.1, 0.15) is 16.2 Å². The van der Waals surface area contributed by atoms with Crippen molar-refractivity contribution in [3.05, 3.63) is 40.3 Å². The van der Waals surface area contributed by atoms with E-state index in [1.807, 2.05) is 17.5 Å². The second kappa shape index (κ2) is 6.08. The maximum atomic E-state index is 12.1. The Morgan fingerprint density at radius 3 is 2.95 bits per heavy atom. The molecule has 3 aromatic rings. The van der Waals surface area contributed by atoms with Crippen LogP contribution in [0.4, 0.5) is 5.13 Å². The molecule has 3 heterocycles. The lowest BCUT2D eigenvalue weighted by Crippen LogP contribution is -2.14. The molecule has 22 heavy (non-hydrogen) atoms. The van der Waals surface area contributed by atoms with Crippen LogP contribution in [0.5, 0.6) is 0 Å². The summed E-state index contributed by atoms with van der Waals surface area (Å²) in [6.45, 7) is 0. The highest BCUT2D eigenvalue weighted by Gasteiger charge is 2.16. The van der Waals surface area contributed by atoms with Gasteiger partial charge in [0.05, 0.1) is 17.0 Å². The third-order valence-electron chi connectivity index (χ3n) is 2.63. The number of hydrogen-bond donors (Lipinski definition) is 2. The van der Waals surface area contributed by atoms with E-state index in [0.29, 0.717) is 16.6 Å². The van der Waals surface area contributed by atoms with Crippen LogP contribution >= 0.6 is 22.7 Å². The number of thiophene rings is 1. The third-order valence-corrected chi connectivity index (χ3v) is 4.33. The van der Waals surface area contributed by atoms with Crippen LogP contribution < -0.4 is 11.1 Å². The Balaban J connectivity index is 1.69. The molecular formula is C13H10N4O3S2. The lowest BCUT2D eigenvalue weighted by molar-refractivity contribution is -0.117. The highest BCUT2D eigenvalue weighted by atomic mass is 32.1. The summed E-state index contributed by atoms with van der Waals surface area (Å²) in [5, 5.41) is 10.3. The van der Waals surface area contributed by atoms with E-state index in [2.05, 4.69) is 15.5 Å². The molecule has 112 valence electrons. The van der Waals surface area contributed by atoms with Crippen molar-refractivity contribution in [1.82, 2.24) is 10.1 Å². The number of nitrogens with zero attached hydrogens (tertiary/aromatic N) is 2. The number of carbonyl (C=O) groups excluding carboxylic acids is 2. The summed E-state index contributed by atoms with van der Waals surface area (Å²) in [5.74, 6) is -0.361. The smallest absolute Gasteiger partial charge is 0.279 e. The van der Waals surface area contributed by atoms with Gasteiger partial charge >= 0.3 is 0 Å². The van der Waals surface area contributed by atoms with Crippen LogP contribution in [0.25, 0.3) is 10.6 Å². The van der Waals surface area contributed by atoms with E-state index in [1.54, 1.807) is 11.4 Å². The summed E-state index contributed by atoms with van der Waals surface area (Å²) >= 11 is 2.71. The first-order valence-electron chi connectivity index (χ1n) is 6.16. The molecule has 0 aliphatic heterocycles. The monoisotopic (exact) mass is 334 g/mol. The summed E-state index contributed by atoms with van der Waals surface area (Å²) in [6, 6.07) is 5.33. The van der Waals surface area contributed by atoms with Gasteiger partial charge in [0, 0.05) is 11.4 Å². The summed E-state index contributed by atoms with van der Waals surface area (Å²) in [4.78, 5) is 27.9. The molecule has 7 nitrogen and oxygen atoms in total. The standard InChI is InChI=1S/C13H10N4O3S2/c14-11(18)4-7-6-22-13(15-7)16-12(19)8-5-9(20-17-8)10-2-1-3-21-10/h1-3,5-6H,4H2,(H2,14,18)(H,15,16,19). The van der Waals surface area contributed by atoms with E-state index >= 15 is 0 Å². The van der Waals surface area contributed by atoms with Gasteiger partial charge in [-0.05, 0) is 11.4 Å². The van der Waals surface area contributed by atoms with Gasteiger partial charge in [-0.1, -0.05) is 11.2 Å². The molecule has 2 amide bonds. The number of primary amides is 1. The van der Waals surface area contributed by atoms with Gasteiger partial charge in [0.1, 0.15) is 0 Å². The SMILES string of the molecule is NC(=O)Cc1csc(NC(=O)c2cc(-c3cccs3)on2)n1. The van der Waals surface area contributed by atoms with Gasteiger partial charge in [-0.15, -0.1) is 22.7 Å². The maximum Gasteiger partial charge on any atom is 0.279 e. The van der Waals surface area contributed by atoms with Gasteiger partial charge < -0.3 is 10.3 Å². The fourth-order valence-electron chi connectivity index (χ4n) is 1.70.